The van der Waals surface area contributed by atoms with Gasteiger partial charge in [0, 0.05) is 17.5 Å². The van der Waals surface area contributed by atoms with Gasteiger partial charge in [0.05, 0.1) is 6.54 Å². The Morgan fingerprint density at radius 2 is 1.58 bits per heavy atom. The zero-order chi connectivity index (χ0) is 22.5. The first-order chi connectivity index (χ1) is 16.3. The van der Waals surface area contributed by atoms with Crippen molar-refractivity contribution in [3.05, 3.63) is 95.8 Å². The van der Waals surface area contributed by atoms with Crippen molar-refractivity contribution < 1.29 is 0 Å². The Hall–Kier alpha value is -3.97. The highest BCUT2D eigenvalue weighted by molar-refractivity contribution is 6.04. The van der Waals surface area contributed by atoms with Crippen molar-refractivity contribution >= 4 is 5.84 Å². The number of aromatic nitrogens is 3. The van der Waals surface area contributed by atoms with E-state index in [-0.39, 0.29) is 0 Å². The Morgan fingerprint density at radius 1 is 0.818 bits per heavy atom. The topological polar surface area (TPSA) is 79.2 Å². The zero-order valence-electron chi connectivity index (χ0n) is 18.6. The summed E-state index contributed by atoms with van der Waals surface area (Å²) in [7, 11) is 0. The molecule has 0 fully saturated rings. The van der Waals surface area contributed by atoms with Crippen molar-refractivity contribution in [1.29, 1.82) is 0 Å². The minimum absolute atomic E-state index is 0.697. The normalized spacial score (nSPS) is 12.8. The van der Waals surface area contributed by atoms with Crippen LogP contribution in [0.5, 0.6) is 0 Å². The third-order valence-corrected chi connectivity index (χ3v) is 5.72. The molecule has 0 saturated carbocycles. The SMILES string of the molecule is CCCCc1nc(-c2ccccc2)nn1Cc1ccc(-c2ccccc2C2=NNNN2)cc1. The van der Waals surface area contributed by atoms with E-state index in [2.05, 4.69) is 81.7 Å². The van der Waals surface area contributed by atoms with Crippen molar-refractivity contribution in [3.8, 4) is 22.5 Å². The molecule has 7 heteroatoms. The second kappa shape index (κ2) is 9.67. The van der Waals surface area contributed by atoms with Gasteiger partial charge in [0.15, 0.2) is 11.7 Å². The van der Waals surface area contributed by atoms with Crippen molar-refractivity contribution in [2.24, 2.45) is 5.10 Å². The maximum absolute atomic E-state index is 4.85. The smallest absolute Gasteiger partial charge is 0.181 e. The van der Waals surface area contributed by atoms with Crippen molar-refractivity contribution in [2.75, 3.05) is 0 Å². The van der Waals surface area contributed by atoms with Crippen LogP contribution in [0.2, 0.25) is 0 Å². The number of nitrogens with zero attached hydrogens (tertiary/aromatic N) is 4. The highest BCUT2D eigenvalue weighted by Crippen LogP contribution is 2.25. The molecule has 3 aromatic carbocycles. The minimum Gasteiger partial charge on any atom is -0.285 e. The summed E-state index contributed by atoms with van der Waals surface area (Å²) in [4.78, 5) is 4.85. The molecule has 3 N–H and O–H groups in total. The van der Waals surface area contributed by atoms with Crippen LogP contribution in [0.4, 0.5) is 0 Å². The number of hydrogen-bond donors (Lipinski definition) is 3. The number of amidine groups is 1. The summed E-state index contributed by atoms with van der Waals surface area (Å²) in [6.45, 7) is 2.90. The molecule has 0 radical (unpaired) electrons. The van der Waals surface area contributed by atoms with Crippen molar-refractivity contribution in [2.45, 2.75) is 32.7 Å². The lowest BCUT2D eigenvalue weighted by Gasteiger charge is -2.11. The van der Waals surface area contributed by atoms with Gasteiger partial charge in [-0.3, -0.25) is 5.43 Å². The summed E-state index contributed by atoms with van der Waals surface area (Å²) in [5.74, 6) is 2.60. The second-order valence-corrected chi connectivity index (χ2v) is 8.04. The van der Waals surface area contributed by atoms with E-state index >= 15 is 0 Å². The van der Waals surface area contributed by atoms with Gasteiger partial charge < -0.3 is 0 Å². The summed E-state index contributed by atoms with van der Waals surface area (Å²) >= 11 is 0. The van der Waals surface area contributed by atoms with Crippen LogP contribution in [0.25, 0.3) is 22.5 Å². The standard InChI is InChI=1S/C26H27N7/c1-2-3-13-24-27-25(21-9-5-4-6-10-21)30-33(24)18-19-14-16-20(17-15-19)22-11-7-8-12-23(22)26-28-31-32-29-26/h4-12,14-17,31-32H,2-3,13,18H2,1H3,(H,28,29). The molecule has 5 rings (SSSR count). The van der Waals surface area contributed by atoms with E-state index in [9.17, 15) is 0 Å². The zero-order valence-corrected chi connectivity index (χ0v) is 18.6. The third kappa shape index (κ3) is 4.63. The fourth-order valence-electron chi connectivity index (χ4n) is 3.96. The fraction of sp³-hybridized carbons (Fsp3) is 0.192. The van der Waals surface area contributed by atoms with Gasteiger partial charge in [-0.1, -0.05) is 92.2 Å². The van der Waals surface area contributed by atoms with Gasteiger partial charge >= 0.3 is 0 Å². The van der Waals surface area contributed by atoms with Gasteiger partial charge in [-0.2, -0.15) is 5.10 Å². The Bertz CT molecular complexity index is 1240. The molecule has 1 aliphatic rings. The molecule has 166 valence electrons. The molecule has 4 aromatic rings. The predicted molar refractivity (Wildman–Crippen MR) is 131 cm³/mol. The Labute approximate surface area is 193 Å². The summed E-state index contributed by atoms with van der Waals surface area (Å²) in [5, 5.41) is 9.10. The van der Waals surface area contributed by atoms with Gasteiger partial charge in [0.2, 0.25) is 0 Å². The lowest BCUT2D eigenvalue weighted by molar-refractivity contribution is 0.577. The number of aryl methyl sites for hydroxylation is 1. The fourth-order valence-corrected chi connectivity index (χ4v) is 3.96. The van der Waals surface area contributed by atoms with Gasteiger partial charge in [0.1, 0.15) is 5.82 Å². The highest BCUT2D eigenvalue weighted by Gasteiger charge is 2.14. The molecule has 33 heavy (non-hydrogen) atoms. The number of hydrogen-bond acceptors (Lipinski definition) is 6. The van der Waals surface area contributed by atoms with Crippen LogP contribution in [0, 0.1) is 0 Å². The Morgan fingerprint density at radius 3 is 2.30 bits per heavy atom. The van der Waals surface area contributed by atoms with Crippen LogP contribution in [-0.4, -0.2) is 20.6 Å². The quantitative estimate of drug-likeness (QED) is 0.384. The van der Waals surface area contributed by atoms with Crippen molar-refractivity contribution in [3.63, 3.8) is 0 Å². The van der Waals surface area contributed by atoms with Crippen LogP contribution in [0.15, 0.2) is 84.0 Å². The number of rotatable bonds is 8. The van der Waals surface area contributed by atoms with E-state index in [0.717, 1.165) is 59.0 Å². The third-order valence-electron chi connectivity index (χ3n) is 5.72. The highest BCUT2D eigenvalue weighted by atomic mass is 15.8. The molecule has 2 heterocycles. The second-order valence-electron chi connectivity index (χ2n) is 8.04. The maximum atomic E-state index is 4.85. The molecule has 7 nitrogen and oxygen atoms in total. The average molecular weight is 438 g/mol. The lowest BCUT2D eigenvalue weighted by Crippen LogP contribution is -2.35. The molecule has 0 spiro atoms. The van der Waals surface area contributed by atoms with E-state index in [4.69, 9.17) is 10.1 Å². The first-order valence-electron chi connectivity index (χ1n) is 11.3. The summed E-state index contributed by atoms with van der Waals surface area (Å²) < 4.78 is 2.05. The summed E-state index contributed by atoms with van der Waals surface area (Å²) in [6, 6.07) is 27.1. The molecular formula is C26H27N7. The van der Waals surface area contributed by atoms with Crippen LogP contribution >= 0.6 is 0 Å². The first kappa shape index (κ1) is 20.9. The van der Waals surface area contributed by atoms with Crippen LogP contribution < -0.4 is 16.5 Å². The van der Waals surface area contributed by atoms with E-state index in [0.29, 0.717) is 6.54 Å². The van der Waals surface area contributed by atoms with E-state index in [1.165, 1.54) is 5.56 Å². The molecule has 0 unspecified atom stereocenters. The number of hydrazone groups is 1. The molecule has 0 bridgehead atoms. The molecular weight excluding hydrogens is 410 g/mol. The summed E-state index contributed by atoms with van der Waals surface area (Å²) in [5.41, 5.74) is 14.1. The van der Waals surface area contributed by atoms with Gasteiger partial charge in [-0.05, 0) is 23.1 Å². The largest absolute Gasteiger partial charge is 0.285 e. The Kier molecular flexibility index (Phi) is 6.12. The van der Waals surface area contributed by atoms with Crippen LogP contribution in [0.3, 0.4) is 0 Å². The minimum atomic E-state index is 0.697. The number of benzene rings is 3. The lowest BCUT2D eigenvalue weighted by atomic mass is 9.98. The molecule has 1 aliphatic heterocycles. The molecule has 0 atom stereocenters. The first-order valence-corrected chi connectivity index (χ1v) is 11.3. The monoisotopic (exact) mass is 437 g/mol. The molecule has 0 aliphatic carbocycles. The van der Waals surface area contributed by atoms with Crippen LogP contribution in [-0.2, 0) is 13.0 Å². The van der Waals surface area contributed by atoms with E-state index in [1.807, 2.05) is 30.3 Å². The number of hydrazine groups is 2. The van der Waals surface area contributed by atoms with Gasteiger partial charge in [-0.15, -0.1) is 10.6 Å². The predicted octanol–water partition coefficient (Wildman–Crippen LogP) is 4.28. The van der Waals surface area contributed by atoms with Gasteiger partial charge in [0.25, 0.3) is 0 Å². The van der Waals surface area contributed by atoms with Crippen LogP contribution in [0.1, 0.15) is 36.7 Å². The molecule has 0 amide bonds. The number of nitrogens with one attached hydrogen (secondary N) is 3. The molecule has 1 aromatic heterocycles. The Balaban J connectivity index is 1.40. The average Bonchev–Trinajstić information content (AvgIpc) is 3.54. The summed E-state index contributed by atoms with van der Waals surface area (Å²) in [6.07, 6.45) is 3.16. The molecule has 0 saturated heterocycles. The number of unbranched alkanes of at least 4 members (excludes halogenated alkanes) is 1. The van der Waals surface area contributed by atoms with Crippen molar-refractivity contribution in [1.82, 2.24) is 31.3 Å². The van der Waals surface area contributed by atoms with Gasteiger partial charge in [-0.25, -0.2) is 15.2 Å². The maximum Gasteiger partial charge on any atom is 0.181 e. The van der Waals surface area contributed by atoms with E-state index < -0.39 is 0 Å². The van der Waals surface area contributed by atoms with E-state index in [1.54, 1.807) is 0 Å².